The Morgan fingerprint density at radius 2 is 1.76 bits per heavy atom. The van der Waals surface area contributed by atoms with Gasteiger partial charge in [0.05, 0.1) is 6.42 Å². The van der Waals surface area contributed by atoms with Crippen molar-refractivity contribution in [3.8, 4) is 22.9 Å². The molecule has 2 heterocycles. The van der Waals surface area contributed by atoms with E-state index < -0.39 is 0 Å². The summed E-state index contributed by atoms with van der Waals surface area (Å²) in [7, 11) is 0. The van der Waals surface area contributed by atoms with Crippen LogP contribution in [-0.4, -0.2) is 16.9 Å². The first-order valence-corrected chi connectivity index (χ1v) is 11.3. The number of hydrogen-bond acceptors (Lipinski definition) is 6. The Labute approximate surface area is 197 Å². The van der Waals surface area contributed by atoms with Crippen LogP contribution in [0, 0.1) is 6.92 Å². The van der Waals surface area contributed by atoms with Gasteiger partial charge in [-0.2, -0.15) is 4.98 Å². The fraction of sp³-hybridized carbons (Fsp3) is 0.143. The fourth-order valence-corrected chi connectivity index (χ4v) is 4.27. The molecule has 6 rings (SSSR count). The van der Waals surface area contributed by atoms with Gasteiger partial charge in [-0.15, -0.1) is 0 Å². The molecule has 1 aliphatic rings. The number of rotatable bonds is 6. The van der Waals surface area contributed by atoms with Crippen LogP contribution in [-0.2, 0) is 13.0 Å². The standard InChI is InChI=1S/C28H23N3O3/c1-18-9-11-22(29-16-19-10-12-25-26(13-19)33-17-32-25)15-24(18)28-30-27(34-31-28)14-21-7-4-6-20-5-2-3-8-23(20)21/h2-13,15,29H,14,16-17H2,1H3. The van der Waals surface area contributed by atoms with E-state index in [0.29, 0.717) is 24.7 Å². The minimum absolute atomic E-state index is 0.278. The highest BCUT2D eigenvalue weighted by Gasteiger charge is 2.15. The number of anilines is 1. The molecule has 5 aromatic rings. The maximum atomic E-state index is 5.63. The minimum atomic E-state index is 0.278. The number of aryl methyl sites for hydroxylation is 1. The van der Waals surface area contributed by atoms with E-state index in [2.05, 4.69) is 72.0 Å². The molecule has 1 aliphatic heterocycles. The summed E-state index contributed by atoms with van der Waals surface area (Å²) in [6.07, 6.45) is 0.593. The van der Waals surface area contributed by atoms with Crippen molar-refractivity contribution in [1.29, 1.82) is 0 Å². The van der Waals surface area contributed by atoms with E-state index in [4.69, 9.17) is 19.0 Å². The summed E-state index contributed by atoms with van der Waals surface area (Å²) < 4.78 is 16.5. The van der Waals surface area contributed by atoms with Gasteiger partial charge in [0.25, 0.3) is 0 Å². The Bertz CT molecular complexity index is 1490. The van der Waals surface area contributed by atoms with E-state index >= 15 is 0 Å². The molecule has 0 saturated heterocycles. The lowest BCUT2D eigenvalue weighted by Gasteiger charge is -2.10. The van der Waals surface area contributed by atoms with Crippen molar-refractivity contribution < 1.29 is 14.0 Å². The predicted molar refractivity (Wildman–Crippen MR) is 131 cm³/mol. The maximum Gasteiger partial charge on any atom is 0.231 e. The fourth-order valence-electron chi connectivity index (χ4n) is 4.27. The van der Waals surface area contributed by atoms with E-state index in [-0.39, 0.29) is 6.79 Å². The summed E-state index contributed by atoms with van der Waals surface area (Å²) in [5.74, 6) is 2.77. The molecule has 0 radical (unpaired) electrons. The van der Waals surface area contributed by atoms with Gasteiger partial charge in [0, 0.05) is 17.8 Å². The van der Waals surface area contributed by atoms with E-state index in [9.17, 15) is 0 Å². The zero-order chi connectivity index (χ0) is 22.9. The summed E-state index contributed by atoms with van der Waals surface area (Å²) >= 11 is 0. The van der Waals surface area contributed by atoms with Crippen molar-refractivity contribution in [2.24, 2.45) is 0 Å². The highest BCUT2D eigenvalue weighted by molar-refractivity contribution is 5.85. The third-order valence-corrected chi connectivity index (χ3v) is 6.10. The zero-order valence-electron chi connectivity index (χ0n) is 18.7. The van der Waals surface area contributed by atoms with Gasteiger partial charge >= 0.3 is 0 Å². The summed E-state index contributed by atoms with van der Waals surface area (Å²) in [5, 5.41) is 10.2. The number of nitrogens with zero attached hydrogens (tertiary/aromatic N) is 2. The number of aromatic nitrogens is 2. The Hall–Kier alpha value is -4.32. The molecule has 0 spiro atoms. The second kappa shape index (κ2) is 8.56. The normalized spacial score (nSPS) is 12.3. The van der Waals surface area contributed by atoms with Gasteiger partial charge in [0.15, 0.2) is 11.5 Å². The number of fused-ring (bicyclic) bond motifs is 2. The van der Waals surface area contributed by atoms with Gasteiger partial charge in [-0.1, -0.05) is 59.8 Å². The van der Waals surface area contributed by atoms with Crippen LogP contribution in [0.15, 0.2) is 83.4 Å². The summed E-state index contributed by atoms with van der Waals surface area (Å²) in [6.45, 7) is 3.00. The van der Waals surface area contributed by atoms with E-state index in [1.165, 1.54) is 16.3 Å². The van der Waals surface area contributed by atoms with Gasteiger partial charge in [0.2, 0.25) is 18.5 Å². The van der Waals surface area contributed by atoms with Crippen molar-refractivity contribution in [1.82, 2.24) is 10.1 Å². The van der Waals surface area contributed by atoms with Crippen LogP contribution in [0.2, 0.25) is 0 Å². The average molecular weight is 450 g/mol. The molecule has 168 valence electrons. The number of ether oxygens (including phenoxy) is 2. The van der Waals surface area contributed by atoms with Gasteiger partial charge in [-0.05, 0) is 58.7 Å². The molecule has 1 aromatic heterocycles. The number of nitrogens with one attached hydrogen (secondary N) is 1. The number of hydrogen-bond donors (Lipinski definition) is 1. The van der Waals surface area contributed by atoms with Gasteiger partial charge in [-0.25, -0.2) is 0 Å². The Morgan fingerprint density at radius 1 is 0.882 bits per heavy atom. The Kier molecular flexibility index (Phi) is 5.11. The highest BCUT2D eigenvalue weighted by Crippen LogP contribution is 2.33. The number of benzene rings is 4. The van der Waals surface area contributed by atoms with Crippen molar-refractivity contribution in [3.63, 3.8) is 0 Å². The van der Waals surface area contributed by atoms with Gasteiger partial charge in [0.1, 0.15) is 0 Å². The summed E-state index contributed by atoms with van der Waals surface area (Å²) in [5.41, 5.74) is 5.31. The summed E-state index contributed by atoms with van der Waals surface area (Å²) in [4.78, 5) is 4.71. The van der Waals surface area contributed by atoms with Crippen LogP contribution in [0.5, 0.6) is 11.5 Å². The van der Waals surface area contributed by atoms with Crippen LogP contribution in [0.3, 0.4) is 0 Å². The third-order valence-electron chi connectivity index (χ3n) is 6.10. The lowest BCUT2D eigenvalue weighted by Crippen LogP contribution is -2.00. The second-order valence-electron chi connectivity index (χ2n) is 8.40. The SMILES string of the molecule is Cc1ccc(NCc2ccc3c(c2)OCO3)cc1-c1noc(Cc2cccc3ccccc23)n1. The molecule has 0 bridgehead atoms. The molecule has 0 atom stereocenters. The Morgan fingerprint density at radius 3 is 2.74 bits per heavy atom. The average Bonchev–Trinajstić information content (AvgIpc) is 3.53. The molecule has 4 aromatic carbocycles. The third kappa shape index (κ3) is 3.94. The predicted octanol–water partition coefficient (Wildman–Crippen LogP) is 6.13. The maximum absolute atomic E-state index is 5.63. The van der Waals surface area contributed by atoms with E-state index in [1.54, 1.807) is 0 Å². The van der Waals surface area contributed by atoms with Gasteiger partial charge in [-0.3, -0.25) is 0 Å². The largest absolute Gasteiger partial charge is 0.454 e. The smallest absolute Gasteiger partial charge is 0.231 e. The monoisotopic (exact) mass is 449 g/mol. The first-order chi connectivity index (χ1) is 16.7. The molecule has 6 nitrogen and oxygen atoms in total. The quantitative estimate of drug-likeness (QED) is 0.336. The minimum Gasteiger partial charge on any atom is -0.454 e. The van der Waals surface area contributed by atoms with Crippen LogP contribution in [0.1, 0.15) is 22.6 Å². The molecule has 0 amide bonds. The van der Waals surface area contributed by atoms with Crippen LogP contribution in [0.4, 0.5) is 5.69 Å². The molecular weight excluding hydrogens is 426 g/mol. The van der Waals surface area contributed by atoms with Crippen molar-refractivity contribution in [2.45, 2.75) is 19.9 Å². The molecule has 0 unspecified atom stereocenters. The van der Waals surface area contributed by atoms with Crippen LogP contribution >= 0.6 is 0 Å². The first-order valence-electron chi connectivity index (χ1n) is 11.3. The van der Waals surface area contributed by atoms with Gasteiger partial charge < -0.3 is 19.3 Å². The van der Waals surface area contributed by atoms with Crippen LogP contribution in [0.25, 0.3) is 22.2 Å². The first kappa shape index (κ1) is 20.3. The molecule has 1 N–H and O–H groups in total. The van der Waals surface area contributed by atoms with Crippen molar-refractivity contribution in [3.05, 3.63) is 101 Å². The Balaban J connectivity index is 1.21. The second-order valence-corrected chi connectivity index (χ2v) is 8.40. The molecule has 34 heavy (non-hydrogen) atoms. The zero-order valence-corrected chi connectivity index (χ0v) is 18.7. The molecule has 0 fully saturated rings. The highest BCUT2D eigenvalue weighted by atomic mass is 16.7. The van der Waals surface area contributed by atoms with Crippen LogP contribution < -0.4 is 14.8 Å². The molecule has 6 heteroatoms. The van der Waals surface area contributed by atoms with E-state index in [0.717, 1.165) is 33.9 Å². The summed E-state index contributed by atoms with van der Waals surface area (Å²) in [6, 6.07) is 26.8. The lowest BCUT2D eigenvalue weighted by atomic mass is 10.0. The molecular formula is C28H23N3O3. The topological polar surface area (TPSA) is 69.4 Å². The molecule has 0 saturated carbocycles. The van der Waals surface area contributed by atoms with E-state index in [1.807, 2.05) is 24.3 Å². The molecule has 0 aliphatic carbocycles. The lowest BCUT2D eigenvalue weighted by molar-refractivity contribution is 0.174. The van der Waals surface area contributed by atoms with Crippen molar-refractivity contribution >= 4 is 16.5 Å². The van der Waals surface area contributed by atoms with Crippen molar-refractivity contribution in [2.75, 3.05) is 12.1 Å².